The van der Waals surface area contributed by atoms with E-state index in [9.17, 15) is 4.79 Å². The Bertz CT molecular complexity index is 655. The molecule has 0 radical (unpaired) electrons. The maximum atomic E-state index is 12.2. The van der Waals surface area contributed by atoms with Crippen molar-refractivity contribution in [2.24, 2.45) is 0 Å². The Kier molecular flexibility index (Phi) is 6.20. The van der Waals surface area contributed by atoms with E-state index in [-0.39, 0.29) is 11.9 Å². The van der Waals surface area contributed by atoms with Crippen LogP contribution in [0.25, 0.3) is 0 Å². The number of benzene rings is 2. The van der Waals surface area contributed by atoms with Crippen LogP contribution in [0, 0.1) is 6.92 Å². The van der Waals surface area contributed by atoms with Gasteiger partial charge in [0.2, 0.25) is 5.91 Å². The van der Waals surface area contributed by atoms with Crippen LogP contribution in [0.3, 0.4) is 0 Å². The van der Waals surface area contributed by atoms with Crippen molar-refractivity contribution in [1.82, 2.24) is 10.2 Å². The predicted octanol–water partition coefficient (Wildman–Crippen LogP) is 3.96. The number of carbonyl (C=O) groups is 1. The molecular formula is C19H23ClN2O. The summed E-state index contributed by atoms with van der Waals surface area (Å²) in [5.74, 6) is 0.0172. The maximum Gasteiger partial charge on any atom is 0.234 e. The summed E-state index contributed by atoms with van der Waals surface area (Å²) in [6.45, 7) is 5.19. The zero-order chi connectivity index (χ0) is 16.8. The van der Waals surface area contributed by atoms with Crippen LogP contribution < -0.4 is 5.32 Å². The molecule has 122 valence electrons. The van der Waals surface area contributed by atoms with Crippen molar-refractivity contribution in [3.8, 4) is 0 Å². The van der Waals surface area contributed by atoms with Crippen molar-refractivity contribution >= 4 is 17.5 Å². The number of rotatable bonds is 6. The average Bonchev–Trinajstić information content (AvgIpc) is 2.50. The number of hydrogen-bond donors (Lipinski definition) is 1. The molecule has 0 fully saturated rings. The van der Waals surface area contributed by atoms with E-state index in [1.807, 2.05) is 55.3 Å². The smallest absolute Gasteiger partial charge is 0.234 e. The van der Waals surface area contributed by atoms with Crippen molar-refractivity contribution in [2.75, 3.05) is 13.6 Å². The third-order valence-electron chi connectivity index (χ3n) is 3.86. The second-order valence-corrected chi connectivity index (χ2v) is 6.38. The van der Waals surface area contributed by atoms with E-state index in [0.29, 0.717) is 11.6 Å². The van der Waals surface area contributed by atoms with Crippen LogP contribution in [0.2, 0.25) is 5.02 Å². The van der Waals surface area contributed by atoms with Gasteiger partial charge in [-0.1, -0.05) is 48.0 Å². The first kappa shape index (κ1) is 17.5. The number of likely N-dealkylation sites (N-methyl/N-ethyl adjacent to an activating group) is 1. The van der Waals surface area contributed by atoms with Crippen LogP contribution in [0.1, 0.15) is 29.7 Å². The molecule has 0 aromatic heterocycles. The highest BCUT2D eigenvalue weighted by Gasteiger charge is 2.12. The minimum atomic E-state index is -0.0355. The molecule has 1 atom stereocenters. The number of nitrogens with one attached hydrogen (secondary N) is 1. The van der Waals surface area contributed by atoms with Crippen molar-refractivity contribution < 1.29 is 4.79 Å². The number of aryl methyl sites for hydroxylation is 1. The lowest BCUT2D eigenvalue weighted by molar-refractivity contribution is -0.122. The molecule has 2 aromatic rings. The molecule has 0 spiro atoms. The van der Waals surface area contributed by atoms with Gasteiger partial charge >= 0.3 is 0 Å². The number of halogens is 1. The third-order valence-corrected chi connectivity index (χ3v) is 4.11. The zero-order valence-electron chi connectivity index (χ0n) is 13.8. The molecule has 0 aliphatic heterocycles. The van der Waals surface area contributed by atoms with E-state index < -0.39 is 0 Å². The Hall–Kier alpha value is -1.84. The van der Waals surface area contributed by atoms with E-state index in [0.717, 1.165) is 12.1 Å². The van der Waals surface area contributed by atoms with E-state index in [1.54, 1.807) is 0 Å². The first-order valence-corrected chi connectivity index (χ1v) is 8.11. The van der Waals surface area contributed by atoms with Crippen LogP contribution >= 0.6 is 11.6 Å². The van der Waals surface area contributed by atoms with Gasteiger partial charge in [-0.3, -0.25) is 9.69 Å². The van der Waals surface area contributed by atoms with Crippen molar-refractivity contribution in [3.05, 3.63) is 70.2 Å². The summed E-state index contributed by atoms with van der Waals surface area (Å²) in [4.78, 5) is 14.2. The normalized spacial score (nSPS) is 12.2. The summed E-state index contributed by atoms with van der Waals surface area (Å²) in [5.41, 5.74) is 3.53. The largest absolute Gasteiger partial charge is 0.348 e. The molecule has 0 saturated heterocycles. The second kappa shape index (κ2) is 8.14. The van der Waals surface area contributed by atoms with Gasteiger partial charge in [-0.25, -0.2) is 0 Å². The minimum Gasteiger partial charge on any atom is -0.348 e. The average molecular weight is 331 g/mol. The van der Waals surface area contributed by atoms with Gasteiger partial charge in [0, 0.05) is 11.6 Å². The fourth-order valence-corrected chi connectivity index (χ4v) is 2.63. The van der Waals surface area contributed by atoms with Crippen LogP contribution in [-0.2, 0) is 11.3 Å². The number of carbonyl (C=O) groups excluding carboxylic acids is 1. The Morgan fingerprint density at radius 3 is 2.48 bits per heavy atom. The lowest BCUT2D eigenvalue weighted by Crippen LogP contribution is -2.36. The molecule has 23 heavy (non-hydrogen) atoms. The molecule has 3 nitrogen and oxygen atoms in total. The van der Waals surface area contributed by atoms with Crippen molar-refractivity contribution in [2.45, 2.75) is 26.4 Å². The van der Waals surface area contributed by atoms with Gasteiger partial charge in [-0.05, 0) is 49.7 Å². The monoisotopic (exact) mass is 330 g/mol. The first-order chi connectivity index (χ1) is 11.0. The highest BCUT2D eigenvalue weighted by atomic mass is 35.5. The Labute approximate surface area is 143 Å². The van der Waals surface area contributed by atoms with Crippen LogP contribution in [0.4, 0.5) is 0 Å². The molecule has 1 amide bonds. The van der Waals surface area contributed by atoms with Gasteiger partial charge in [0.05, 0.1) is 12.6 Å². The highest BCUT2D eigenvalue weighted by Crippen LogP contribution is 2.16. The SMILES string of the molecule is Cc1ccccc1CN(C)CC(=O)N[C@H](C)c1ccc(Cl)cc1. The number of amides is 1. The molecule has 0 bridgehead atoms. The molecule has 2 aromatic carbocycles. The quantitative estimate of drug-likeness (QED) is 0.869. The summed E-state index contributed by atoms with van der Waals surface area (Å²) in [6.07, 6.45) is 0. The lowest BCUT2D eigenvalue weighted by atomic mass is 10.1. The van der Waals surface area contributed by atoms with Gasteiger partial charge in [0.25, 0.3) is 0 Å². The Morgan fingerprint density at radius 1 is 1.17 bits per heavy atom. The lowest BCUT2D eigenvalue weighted by Gasteiger charge is -2.20. The fourth-order valence-electron chi connectivity index (χ4n) is 2.50. The van der Waals surface area contributed by atoms with E-state index in [2.05, 4.69) is 24.4 Å². The summed E-state index contributed by atoms with van der Waals surface area (Å²) in [5, 5.41) is 3.72. The number of hydrogen-bond acceptors (Lipinski definition) is 2. The van der Waals surface area contributed by atoms with Crippen LogP contribution in [0.5, 0.6) is 0 Å². The summed E-state index contributed by atoms with van der Waals surface area (Å²) >= 11 is 5.89. The molecular weight excluding hydrogens is 308 g/mol. The highest BCUT2D eigenvalue weighted by molar-refractivity contribution is 6.30. The molecule has 4 heteroatoms. The van der Waals surface area contributed by atoms with Gasteiger partial charge in [0.1, 0.15) is 0 Å². The number of nitrogens with zero attached hydrogens (tertiary/aromatic N) is 1. The van der Waals surface area contributed by atoms with Gasteiger partial charge in [-0.2, -0.15) is 0 Å². The van der Waals surface area contributed by atoms with Gasteiger partial charge in [0.15, 0.2) is 0 Å². The fraction of sp³-hybridized carbons (Fsp3) is 0.316. The van der Waals surface area contributed by atoms with Crippen molar-refractivity contribution in [3.63, 3.8) is 0 Å². The van der Waals surface area contributed by atoms with Crippen LogP contribution in [-0.4, -0.2) is 24.4 Å². The summed E-state index contributed by atoms with van der Waals surface area (Å²) in [6, 6.07) is 15.7. The van der Waals surface area contributed by atoms with E-state index in [1.165, 1.54) is 11.1 Å². The molecule has 1 N–H and O–H groups in total. The Balaban J connectivity index is 1.86. The van der Waals surface area contributed by atoms with E-state index in [4.69, 9.17) is 11.6 Å². The van der Waals surface area contributed by atoms with Crippen LogP contribution in [0.15, 0.2) is 48.5 Å². The third kappa shape index (κ3) is 5.38. The summed E-state index contributed by atoms with van der Waals surface area (Å²) < 4.78 is 0. The molecule has 0 saturated carbocycles. The second-order valence-electron chi connectivity index (χ2n) is 5.94. The Morgan fingerprint density at radius 2 is 1.83 bits per heavy atom. The van der Waals surface area contributed by atoms with Gasteiger partial charge in [-0.15, -0.1) is 0 Å². The zero-order valence-corrected chi connectivity index (χ0v) is 14.6. The van der Waals surface area contributed by atoms with E-state index >= 15 is 0 Å². The molecule has 0 aliphatic carbocycles. The first-order valence-electron chi connectivity index (χ1n) is 7.73. The summed E-state index contributed by atoms with van der Waals surface area (Å²) in [7, 11) is 1.96. The van der Waals surface area contributed by atoms with Gasteiger partial charge < -0.3 is 5.32 Å². The van der Waals surface area contributed by atoms with Crippen molar-refractivity contribution in [1.29, 1.82) is 0 Å². The molecule has 0 aliphatic rings. The maximum absolute atomic E-state index is 12.2. The minimum absolute atomic E-state index is 0.0172. The molecule has 0 heterocycles. The molecule has 2 rings (SSSR count). The molecule has 0 unspecified atom stereocenters. The standard InChI is InChI=1S/C19H23ClN2O/c1-14-6-4-5-7-17(14)12-22(3)13-19(23)21-15(2)16-8-10-18(20)11-9-16/h4-11,15H,12-13H2,1-3H3,(H,21,23)/t15-/m1/s1. The predicted molar refractivity (Wildman–Crippen MR) is 95.5 cm³/mol. The topological polar surface area (TPSA) is 32.3 Å².